The number of hydrogen-bond donors (Lipinski definition) is 1. The first-order valence-electron chi connectivity index (χ1n) is 5.22. The van der Waals surface area contributed by atoms with E-state index >= 15 is 0 Å². The van der Waals surface area contributed by atoms with Crippen LogP contribution in [0.25, 0.3) is 0 Å². The van der Waals surface area contributed by atoms with Crippen LogP contribution in [0.5, 0.6) is 0 Å². The van der Waals surface area contributed by atoms with Gasteiger partial charge in [-0.3, -0.25) is 4.90 Å². The van der Waals surface area contributed by atoms with E-state index in [9.17, 15) is 22.8 Å². The Morgan fingerprint density at radius 1 is 1.28 bits per heavy atom. The van der Waals surface area contributed by atoms with Gasteiger partial charge in [0.25, 0.3) is 0 Å². The Labute approximate surface area is 102 Å². The van der Waals surface area contributed by atoms with E-state index in [1.165, 1.54) is 0 Å². The summed E-state index contributed by atoms with van der Waals surface area (Å²) in [6.45, 7) is 3.94. The minimum Gasteiger partial charge on any atom is -0.480 e. The number of likely N-dealkylation sites (tertiary alicyclic amines) is 1. The van der Waals surface area contributed by atoms with Crippen molar-refractivity contribution >= 4 is 12.1 Å². The van der Waals surface area contributed by atoms with E-state index < -0.39 is 42.3 Å². The summed E-state index contributed by atoms with van der Waals surface area (Å²) in [5.41, 5.74) is -0.885. The lowest BCUT2D eigenvalue weighted by atomic mass is 9.88. The van der Waals surface area contributed by atoms with Gasteiger partial charge in [0.1, 0.15) is 17.6 Å². The number of carbonyl (C=O) groups is 2. The summed E-state index contributed by atoms with van der Waals surface area (Å²) >= 11 is 0. The highest BCUT2D eigenvalue weighted by molar-refractivity contribution is 5.82. The minimum atomic E-state index is -4.64. The fourth-order valence-electron chi connectivity index (χ4n) is 1.60. The van der Waals surface area contributed by atoms with Gasteiger partial charge < -0.3 is 9.84 Å². The van der Waals surface area contributed by atoms with Crippen molar-refractivity contribution in [3.05, 3.63) is 0 Å². The van der Waals surface area contributed by atoms with Crippen molar-refractivity contribution in [1.29, 1.82) is 0 Å². The van der Waals surface area contributed by atoms with Crippen LogP contribution in [0.4, 0.5) is 18.0 Å². The maximum Gasteiger partial charge on any atom is 0.411 e. The molecule has 1 saturated heterocycles. The van der Waals surface area contributed by atoms with E-state index in [2.05, 4.69) is 0 Å². The molecular formula is C10H14F3NO4. The first kappa shape index (κ1) is 14.6. The molecule has 0 aromatic rings. The van der Waals surface area contributed by atoms with Gasteiger partial charge in [0.15, 0.2) is 0 Å². The summed E-state index contributed by atoms with van der Waals surface area (Å²) in [4.78, 5) is 22.8. The highest BCUT2D eigenvalue weighted by Crippen LogP contribution is 2.39. The minimum absolute atomic E-state index is 0.575. The number of ether oxygens (including phenoxy) is 1. The predicted molar refractivity (Wildman–Crippen MR) is 53.9 cm³/mol. The lowest BCUT2D eigenvalue weighted by molar-refractivity contribution is -0.229. The molecule has 1 aliphatic rings. The molecule has 0 unspecified atom stereocenters. The van der Waals surface area contributed by atoms with Gasteiger partial charge in [0, 0.05) is 6.54 Å². The number of aliphatic carboxylic acids is 1. The molecule has 1 rings (SSSR count). The fraction of sp³-hybridized carbons (Fsp3) is 0.800. The van der Waals surface area contributed by atoms with Gasteiger partial charge in [0.2, 0.25) is 0 Å². The van der Waals surface area contributed by atoms with E-state index in [1.54, 1.807) is 20.8 Å². The van der Waals surface area contributed by atoms with Crippen molar-refractivity contribution in [2.75, 3.05) is 6.54 Å². The van der Waals surface area contributed by atoms with Crippen LogP contribution in [0.3, 0.4) is 0 Å². The first-order chi connectivity index (χ1) is 7.93. The summed E-state index contributed by atoms with van der Waals surface area (Å²) in [5, 5.41) is 8.74. The summed E-state index contributed by atoms with van der Waals surface area (Å²) in [6, 6.07) is -1.90. The average molecular weight is 269 g/mol. The summed E-state index contributed by atoms with van der Waals surface area (Å²) in [6.07, 6.45) is -5.68. The lowest BCUT2D eigenvalue weighted by Gasteiger charge is -2.45. The van der Waals surface area contributed by atoms with Crippen LogP contribution in [-0.2, 0) is 9.53 Å². The normalized spacial score (nSPS) is 24.4. The third kappa shape index (κ3) is 3.05. The van der Waals surface area contributed by atoms with Gasteiger partial charge in [0.05, 0.1) is 0 Å². The summed E-state index contributed by atoms with van der Waals surface area (Å²) in [5.74, 6) is -3.73. The molecule has 1 amide bonds. The predicted octanol–water partition coefficient (Wildman–Crippen LogP) is 1.87. The van der Waals surface area contributed by atoms with Crippen LogP contribution in [-0.4, -0.2) is 46.4 Å². The molecule has 5 nitrogen and oxygen atoms in total. The number of carboxylic acid groups (broad SMARTS) is 1. The molecule has 104 valence electrons. The van der Waals surface area contributed by atoms with Crippen LogP contribution in [0, 0.1) is 5.92 Å². The number of rotatable bonds is 1. The van der Waals surface area contributed by atoms with Crippen LogP contribution >= 0.6 is 0 Å². The third-order valence-corrected chi connectivity index (χ3v) is 2.41. The molecule has 1 N–H and O–H groups in total. The van der Waals surface area contributed by atoms with Gasteiger partial charge in [-0.2, -0.15) is 13.2 Å². The van der Waals surface area contributed by atoms with Crippen molar-refractivity contribution in [2.45, 2.75) is 38.6 Å². The van der Waals surface area contributed by atoms with E-state index in [-0.39, 0.29) is 0 Å². The van der Waals surface area contributed by atoms with Gasteiger partial charge in [-0.05, 0) is 20.8 Å². The molecule has 8 heteroatoms. The summed E-state index contributed by atoms with van der Waals surface area (Å²) < 4.78 is 42.2. The largest absolute Gasteiger partial charge is 0.480 e. The van der Waals surface area contributed by atoms with Crippen LogP contribution in [0.15, 0.2) is 0 Å². The van der Waals surface area contributed by atoms with Crippen molar-refractivity contribution in [3.8, 4) is 0 Å². The highest BCUT2D eigenvalue weighted by Gasteiger charge is 2.60. The summed E-state index contributed by atoms with van der Waals surface area (Å²) in [7, 11) is 0. The number of nitrogens with zero attached hydrogens (tertiary/aromatic N) is 1. The second-order valence-electron chi connectivity index (χ2n) is 5.06. The molecular weight excluding hydrogens is 255 g/mol. The topological polar surface area (TPSA) is 66.8 Å². The maximum atomic E-state index is 12.4. The average Bonchev–Trinajstić information content (AvgIpc) is 1.91. The lowest BCUT2D eigenvalue weighted by Crippen LogP contribution is -2.66. The molecule has 0 spiro atoms. The Balaban J connectivity index is 2.76. The zero-order chi connectivity index (χ0) is 14.3. The monoisotopic (exact) mass is 269 g/mol. The van der Waals surface area contributed by atoms with E-state index in [4.69, 9.17) is 9.84 Å². The molecule has 0 saturated carbocycles. The smallest absolute Gasteiger partial charge is 0.411 e. The molecule has 1 heterocycles. The molecule has 1 aliphatic heterocycles. The number of halogens is 3. The highest BCUT2D eigenvalue weighted by atomic mass is 19.4. The SMILES string of the molecule is CC(C)(C)OC(=O)N1C[C@@H](C(F)(F)F)[C@@H]1C(=O)O. The van der Waals surface area contributed by atoms with Gasteiger partial charge in [-0.1, -0.05) is 0 Å². The number of amides is 1. The second kappa shape index (κ2) is 4.33. The number of carboxylic acids is 1. The molecule has 0 bridgehead atoms. The quantitative estimate of drug-likeness (QED) is 0.789. The Morgan fingerprint density at radius 2 is 1.78 bits per heavy atom. The van der Waals surface area contributed by atoms with Crippen molar-refractivity contribution in [1.82, 2.24) is 4.90 Å². The molecule has 2 atom stereocenters. The molecule has 0 radical (unpaired) electrons. The van der Waals surface area contributed by atoms with Gasteiger partial charge in [-0.25, -0.2) is 9.59 Å². The van der Waals surface area contributed by atoms with Crippen LogP contribution < -0.4 is 0 Å². The Bertz CT molecular complexity index is 361. The number of hydrogen-bond acceptors (Lipinski definition) is 3. The van der Waals surface area contributed by atoms with E-state index in [0.29, 0.717) is 4.90 Å². The van der Waals surface area contributed by atoms with Crippen molar-refractivity contribution in [2.24, 2.45) is 5.92 Å². The Kier molecular flexibility index (Phi) is 3.51. The molecule has 18 heavy (non-hydrogen) atoms. The molecule has 0 aromatic heterocycles. The van der Waals surface area contributed by atoms with E-state index in [1.807, 2.05) is 0 Å². The first-order valence-corrected chi connectivity index (χ1v) is 5.22. The standard InChI is InChI=1S/C10H14F3NO4/c1-9(2,3)18-8(17)14-4-5(10(11,12)13)6(14)7(15)16/h5-6H,4H2,1-3H3,(H,15,16)/t5-,6-/m1/s1. The molecule has 1 fully saturated rings. The molecule has 0 aromatic carbocycles. The van der Waals surface area contributed by atoms with Gasteiger partial charge >= 0.3 is 18.2 Å². The van der Waals surface area contributed by atoms with Crippen molar-refractivity contribution < 1.29 is 32.6 Å². The zero-order valence-electron chi connectivity index (χ0n) is 10.1. The third-order valence-electron chi connectivity index (χ3n) is 2.41. The zero-order valence-corrected chi connectivity index (χ0v) is 10.1. The van der Waals surface area contributed by atoms with E-state index in [0.717, 1.165) is 0 Å². The Morgan fingerprint density at radius 3 is 2.11 bits per heavy atom. The second-order valence-corrected chi connectivity index (χ2v) is 5.06. The number of alkyl halides is 3. The number of carbonyl (C=O) groups excluding carboxylic acids is 1. The van der Waals surface area contributed by atoms with Crippen molar-refractivity contribution in [3.63, 3.8) is 0 Å². The van der Waals surface area contributed by atoms with Crippen LogP contribution in [0.2, 0.25) is 0 Å². The van der Waals surface area contributed by atoms with Crippen LogP contribution in [0.1, 0.15) is 20.8 Å². The fourth-order valence-corrected chi connectivity index (χ4v) is 1.60. The maximum absolute atomic E-state index is 12.4. The van der Waals surface area contributed by atoms with Gasteiger partial charge in [-0.15, -0.1) is 0 Å². The molecule has 0 aliphatic carbocycles. The Hall–Kier alpha value is -1.47.